The summed E-state index contributed by atoms with van der Waals surface area (Å²) in [6.07, 6.45) is 0.421. The van der Waals surface area contributed by atoms with Gasteiger partial charge in [0.05, 0.1) is 9.80 Å². The zero-order valence-corrected chi connectivity index (χ0v) is 13.1. The molecule has 24 heavy (non-hydrogen) atoms. The van der Waals surface area contributed by atoms with E-state index in [0.29, 0.717) is 5.56 Å². The first-order valence-electron chi connectivity index (χ1n) is 6.74. The van der Waals surface area contributed by atoms with Gasteiger partial charge in [0.2, 0.25) is 15.7 Å². The molecule has 2 amide bonds. The highest BCUT2D eigenvalue weighted by atomic mass is 32.2. The van der Waals surface area contributed by atoms with Gasteiger partial charge in [0.15, 0.2) is 0 Å². The van der Waals surface area contributed by atoms with E-state index in [1.807, 2.05) is 5.32 Å². The predicted molar refractivity (Wildman–Crippen MR) is 81.6 cm³/mol. The molecule has 2 rings (SSSR count). The lowest BCUT2D eigenvalue weighted by molar-refractivity contribution is -0.137. The zero-order chi connectivity index (χ0) is 17.7. The SMILES string of the molecule is O=C(O)CNC(=O)CNC(=O)OCC1=Cc2ccccc2S1(=O)=O. The van der Waals surface area contributed by atoms with E-state index in [9.17, 15) is 22.8 Å². The normalized spacial score (nSPS) is 14.2. The third kappa shape index (κ3) is 4.10. The number of carboxylic acid groups (broad SMARTS) is 1. The van der Waals surface area contributed by atoms with Crippen molar-refractivity contribution in [2.75, 3.05) is 19.7 Å². The number of alkyl carbamates (subject to hydrolysis) is 1. The zero-order valence-electron chi connectivity index (χ0n) is 12.3. The molecule has 0 saturated carbocycles. The van der Waals surface area contributed by atoms with Crippen LogP contribution in [0, 0.1) is 0 Å². The Morgan fingerprint density at radius 2 is 1.79 bits per heavy atom. The predicted octanol–water partition coefficient (Wildman–Crippen LogP) is -0.258. The second kappa shape index (κ2) is 7.13. The molecule has 10 heteroatoms. The molecule has 0 saturated heterocycles. The van der Waals surface area contributed by atoms with E-state index in [2.05, 4.69) is 5.32 Å². The van der Waals surface area contributed by atoms with E-state index in [1.165, 1.54) is 12.1 Å². The molecule has 128 valence electrons. The Bertz CT molecular complexity index is 814. The topological polar surface area (TPSA) is 139 Å². The van der Waals surface area contributed by atoms with E-state index < -0.39 is 47.5 Å². The fraction of sp³-hybridized carbons (Fsp3) is 0.214. The van der Waals surface area contributed by atoms with Gasteiger partial charge < -0.3 is 20.5 Å². The van der Waals surface area contributed by atoms with Crippen molar-refractivity contribution in [3.8, 4) is 0 Å². The molecule has 0 unspecified atom stereocenters. The molecule has 9 nitrogen and oxygen atoms in total. The molecular formula is C14H14N2O7S. The highest BCUT2D eigenvalue weighted by Crippen LogP contribution is 2.32. The molecule has 1 aliphatic rings. The smallest absolute Gasteiger partial charge is 0.407 e. The summed E-state index contributed by atoms with van der Waals surface area (Å²) in [4.78, 5) is 33.0. The number of carbonyl (C=O) groups excluding carboxylic acids is 2. The van der Waals surface area contributed by atoms with Crippen LogP contribution in [0.3, 0.4) is 0 Å². The summed E-state index contributed by atoms with van der Waals surface area (Å²) >= 11 is 0. The van der Waals surface area contributed by atoms with Gasteiger partial charge in [0, 0.05) is 0 Å². The van der Waals surface area contributed by atoms with Gasteiger partial charge in [-0.15, -0.1) is 0 Å². The third-order valence-corrected chi connectivity index (χ3v) is 4.92. The number of rotatable bonds is 6. The lowest BCUT2D eigenvalue weighted by atomic mass is 10.2. The van der Waals surface area contributed by atoms with Crippen LogP contribution >= 0.6 is 0 Å². The van der Waals surface area contributed by atoms with Crippen molar-refractivity contribution in [2.45, 2.75) is 4.90 Å². The summed E-state index contributed by atoms with van der Waals surface area (Å²) in [5.74, 6) is -1.93. The quantitative estimate of drug-likeness (QED) is 0.639. The summed E-state index contributed by atoms with van der Waals surface area (Å²) in [5.41, 5.74) is 0.518. The van der Waals surface area contributed by atoms with Crippen LogP contribution in [0.2, 0.25) is 0 Å². The van der Waals surface area contributed by atoms with Crippen molar-refractivity contribution in [3.05, 3.63) is 34.7 Å². The summed E-state index contributed by atoms with van der Waals surface area (Å²) in [6.45, 7) is -1.53. The number of amides is 2. The Hall–Kier alpha value is -2.88. The number of aliphatic carboxylic acids is 1. The maximum absolute atomic E-state index is 12.2. The number of carboxylic acids is 1. The van der Waals surface area contributed by atoms with Crippen molar-refractivity contribution < 1.29 is 32.6 Å². The first kappa shape index (κ1) is 17.5. The maximum atomic E-state index is 12.2. The Balaban J connectivity index is 1.83. The van der Waals surface area contributed by atoms with Crippen LogP contribution < -0.4 is 10.6 Å². The molecule has 0 fully saturated rings. The van der Waals surface area contributed by atoms with Crippen molar-refractivity contribution in [2.24, 2.45) is 0 Å². The molecule has 0 aliphatic carbocycles. The summed E-state index contributed by atoms with van der Waals surface area (Å²) in [5, 5.41) is 12.5. The Morgan fingerprint density at radius 1 is 1.08 bits per heavy atom. The largest absolute Gasteiger partial charge is 0.480 e. The van der Waals surface area contributed by atoms with Crippen molar-refractivity contribution in [1.82, 2.24) is 10.6 Å². The van der Waals surface area contributed by atoms with Crippen molar-refractivity contribution >= 4 is 33.9 Å². The highest BCUT2D eigenvalue weighted by Gasteiger charge is 2.29. The van der Waals surface area contributed by atoms with Crippen LogP contribution in [0.4, 0.5) is 4.79 Å². The van der Waals surface area contributed by atoms with Gasteiger partial charge in [-0.25, -0.2) is 13.2 Å². The van der Waals surface area contributed by atoms with Gasteiger partial charge in [0.1, 0.15) is 19.7 Å². The van der Waals surface area contributed by atoms with Crippen molar-refractivity contribution in [3.63, 3.8) is 0 Å². The fourth-order valence-electron chi connectivity index (χ4n) is 1.93. The van der Waals surface area contributed by atoms with Gasteiger partial charge in [-0.05, 0) is 17.7 Å². The molecule has 1 aliphatic heterocycles. The van der Waals surface area contributed by atoms with Gasteiger partial charge in [-0.2, -0.15) is 0 Å². The number of ether oxygens (including phenoxy) is 1. The molecule has 0 radical (unpaired) electrons. The fourth-order valence-corrected chi connectivity index (χ4v) is 3.41. The lowest BCUT2D eigenvalue weighted by Crippen LogP contribution is -2.39. The number of nitrogens with one attached hydrogen (secondary N) is 2. The molecular weight excluding hydrogens is 340 g/mol. The summed E-state index contributed by atoms with van der Waals surface area (Å²) in [6, 6.07) is 6.38. The molecule has 0 spiro atoms. The highest BCUT2D eigenvalue weighted by molar-refractivity contribution is 7.95. The first-order valence-corrected chi connectivity index (χ1v) is 8.23. The van der Waals surface area contributed by atoms with Crippen LogP contribution in [0.5, 0.6) is 0 Å². The molecule has 1 aromatic rings. The minimum Gasteiger partial charge on any atom is -0.480 e. The minimum absolute atomic E-state index is 0.0609. The Morgan fingerprint density at radius 3 is 2.46 bits per heavy atom. The Kier molecular flexibility index (Phi) is 5.19. The number of hydrogen-bond donors (Lipinski definition) is 3. The maximum Gasteiger partial charge on any atom is 0.407 e. The van der Waals surface area contributed by atoms with Crippen LogP contribution in [0.25, 0.3) is 6.08 Å². The van der Waals surface area contributed by atoms with Crippen LogP contribution in [0.15, 0.2) is 34.1 Å². The molecule has 0 bridgehead atoms. The average Bonchev–Trinajstić information content (AvgIpc) is 2.80. The Labute approximate surface area is 137 Å². The number of fused-ring (bicyclic) bond motifs is 1. The molecule has 0 atom stereocenters. The van der Waals surface area contributed by atoms with E-state index in [-0.39, 0.29) is 9.80 Å². The average molecular weight is 354 g/mol. The van der Waals surface area contributed by atoms with E-state index >= 15 is 0 Å². The second-order valence-corrected chi connectivity index (χ2v) is 6.72. The first-order chi connectivity index (χ1) is 11.3. The number of benzene rings is 1. The van der Waals surface area contributed by atoms with E-state index in [0.717, 1.165) is 0 Å². The standard InChI is InChI=1S/C14H14N2O7S/c17-12(15-7-13(18)19)6-16-14(20)23-8-10-5-9-3-1-2-4-11(9)24(10,21)22/h1-5H,6-8H2,(H,15,17)(H,16,20)(H,18,19). The number of hydrogen-bond acceptors (Lipinski definition) is 6. The molecule has 1 aromatic carbocycles. The van der Waals surface area contributed by atoms with Crippen LogP contribution in [-0.2, 0) is 24.2 Å². The lowest BCUT2D eigenvalue weighted by Gasteiger charge is -2.08. The van der Waals surface area contributed by atoms with Crippen LogP contribution in [-0.4, -0.2) is 51.2 Å². The summed E-state index contributed by atoms with van der Waals surface area (Å²) < 4.78 is 29.2. The van der Waals surface area contributed by atoms with Crippen LogP contribution in [0.1, 0.15) is 5.56 Å². The molecule has 3 N–H and O–H groups in total. The van der Waals surface area contributed by atoms with Gasteiger partial charge in [0.25, 0.3) is 0 Å². The van der Waals surface area contributed by atoms with E-state index in [4.69, 9.17) is 9.84 Å². The van der Waals surface area contributed by atoms with Gasteiger partial charge in [-0.3, -0.25) is 9.59 Å². The monoisotopic (exact) mass is 354 g/mol. The van der Waals surface area contributed by atoms with Gasteiger partial charge >= 0.3 is 12.1 Å². The molecule has 1 heterocycles. The number of carbonyl (C=O) groups is 3. The van der Waals surface area contributed by atoms with Gasteiger partial charge in [-0.1, -0.05) is 18.2 Å². The summed E-state index contributed by atoms with van der Waals surface area (Å²) in [7, 11) is -3.68. The number of sulfone groups is 1. The second-order valence-electron chi connectivity index (χ2n) is 4.75. The molecule has 0 aromatic heterocycles. The van der Waals surface area contributed by atoms with E-state index in [1.54, 1.807) is 18.2 Å². The minimum atomic E-state index is -3.68. The third-order valence-electron chi connectivity index (χ3n) is 3.05. The van der Waals surface area contributed by atoms with Crippen molar-refractivity contribution in [1.29, 1.82) is 0 Å².